The largest absolute Gasteiger partial charge is 1.00 e. The van der Waals surface area contributed by atoms with Gasteiger partial charge in [0.2, 0.25) is 0 Å². The SMILES string of the molecule is Cl.[H-].[K+].[Pt].[Sn]. The van der Waals surface area contributed by atoms with Crippen molar-refractivity contribution in [3.8, 4) is 0 Å². The number of halogens is 1. The first-order valence-electron chi connectivity index (χ1n) is 0. The molecule has 0 aromatic heterocycles. The van der Waals surface area contributed by atoms with Crippen LogP contribution in [0.4, 0.5) is 0 Å². The zero-order valence-corrected chi connectivity index (χ0v) is 11.3. The molecule has 0 aliphatic carbocycles. The summed E-state index contributed by atoms with van der Waals surface area (Å²) in [5.74, 6) is 0. The molecular formula is H2ClKPtSn. The Bertz CT molecular complexity index is 11.6. The van der Waals surface area contributed by atoms with Crippen molar-refractivity contribution in [1.82, 2.24) is 0 Å². The maximum atomic E-state index is 0. The third kappa shape index (κ3) is 9.05. The van der Waals surface area contributed by atoms with Gasteiger partial charge in [0.25, 0.3) is 0 Å². The molecule has 0 fully saturated rings. The molecule has 4 heavy (non-hydrogen) atoms. The van der Waals surface area contributed by atoms with Gasteiger partial charge in [-0.15, -0.1) is 12.4 Å². The molecule has 0 amide bonds. The van der Waals surface area contributed by atoms with E-state index in [-0.39, 0.29) is 110 Å². The Hall–Kier alpha value is 3.41. The van der Waals surface area contributed by atoms with E-state index < -0.39 is 0 Å². The van der Waals surface area contributed by atoms with Crippen molar-refractivity contribution in [3.05, 3.63) is 0 Å². The van der Waals surface area contributed by atoms with Gasteiger partial charge in [-0.25, -0.2) is 0 Å². The maximum Gasteiger partial charge on any atom is 1.00 e. The van der Waals surface area contributed by atoms with Crippen molar-refractivity contribution in [2.24, 2.45) is 0 Å². The van der Waals surface area contributed by atoms with E-state index in [9.17, 15) is 0 Å². The topological polar surface area (TPSA) is 0 Å². The van der Waals surface area contributed by atoms with E-state index in [0.717, 1.165) is 0 Å². The second-order valence-electron chi connectivity index (χ2n) is 0. The minimum Gasteiger partial charge on any atom is -1.00 e. The molecule has 24 valence electrons. The van der Waals surface area contributed by atoms with Gasteiger partial charge in [0.1, 0.15) is 0 Å². The fourth-order valence-corrected chi connectivity index (χ4v) is 0. The van der Waals surface area contributed by atoms with Crippen LogP contribution in [0.1, 0.15) is 1.43 Å². The zero-order chi connectivity index (χ0) is 0. The van der Waals surface area contributed by atoms with Gasteiger partial charge in [-0.2, -0.15) is 0 Å². The molecule has 0 saturated carbocycles. The average Bonchev–Trinajstić information content (AvgIpc) is 0. The summed E-state index contributed by atoms with van der Waals surface area (Å²) < 4.78 is 0. The molecule has 4 heteroatoms. The van der Waals surface area contributed by atoms with Crippen LogP contribution < -0.4 is 51.4 Å². The zero-order valence-electron chi connectivity index (χ0n) is 3.22. The van der Waals surface area contributed by atoms with Crippen LogP contribution in [-0.2, 0) is 21.1 Å². The standard InChI is InChI=1S/ClH.K.Pt.Sn.H/h1H;;;;/q;+1;;;-1. The van der Waals surface area contributed by atoms with E-state index >= 15 is 0 Å². The van der Waals surface area contributed by atoms with Gasteiger partial charge in [-0.05, 0) is 0 Å². The van der Waals surface area contributed by atoms with Gasteiger partial charge in [0, 0.05) is 45.0 Å². The second kappa shape index (κ2) is 16.1. The number of hydrogen-bond donors (Lipinski definition) is 0. The van der Waals surface area contributed by atoms with E-state index in [0.29, 0.717) is 0 Å². The van der Waals surface area contributed by atoms with Crippen LogP contribution in [0.3, 0.4) is 0 Å². The van der Waals surface area contributed by atoms with Crippen molar-refractivity contribution in [2.75, 3.05) is 0 Å². The molecule has 0 nitrogen and oxygen atoms in total. The Labute approximate surface area is 107 Å². The molecule has 0 aromatic carbocycles. The van der Waals surface area contributed by atoms with Crippen LogP contribution in [0.2, 0.25) is 0 Å². The molecule has 0 rings (SSSR count). The van der Waals surface area contributed by atoms with Gasteiger partial charge in [0.15, 0.2) is 0 Å². The smallest absolute Gasteiger partial charge is 1.00 e. The Morgan fingerprint density at radius 3 is 1.25 bits per heavy atom. The summed E-state index contributed by atoms with van der Waals surface area (Å²) in [7, 11) is 0. The molecule has 0 heterocycles. The number of hydrogen-bond acceptors (Lipinski definition) is 0. The minimum absolute atomic E-state index is 0. The van der Waals surface area contributed by atoms with Crippen LogP contribution in [0.15, 0.2) is 0 Å². The summed E-state index contributed by atoms with van der Waals surface area (Å²) >= 11 is 0. The first-order chi connectivity index (χ1) is 0. The molecule has 0 unspecified atom stereocenters. The van der Waals surface area contributed by atoms with Gasteiger partial charge < -0.3 is 1.43 Å². The van der Waals surface area contributed by atoms with Crippen LogP contribution in [0.25, 0.3) is 0 Å². The Morgan fingerprint density at radius 1 is 1.25 bits per heavy atom. The fourth-order valence-electron chi connectivity index (χ4n) is 0. The average molecular weight is 390 g/mol. The van der Waals surface area contributed by atoms with Crippen LogP contribution in [0, 0.1) is 0 Å². The van der Waals surface area contributed by atoms with Crippen LogP contribution in [0.5, 0.6) is 0 Å². The van der Waals surface area contributed by atoms with E-state index in [4.69, 9.17) is 0 Å². The minimum atomic E-state index is 0. The fraction of sp³-hybridized carbons (Fsp3) is 0. The molecule has 0 spiro atoms. The Balaban J connectivity index is 0. The van der Waals surface area contributed by atoms with Crippen LogP contribution in [-0.4, -0.2) is 23.9 Å². The third-order valence-corrected chi connectivity index (χ3v) is 0. The van der Waals surface area contributed by atoms with Crippen molar-refractivity contribution in [2.45, 2.75) is 0 Å². The Kier molecular flexibility index (Phi) is 106. The first kappa shape index (κ1) is 26.2. The molecular weight excluding hydrogens is 388 g/mol. The Morgan fingerprint density at radius 2 is 1.25 bits per heavy atom. The van der Waals surface area contributed by atoms with Gasteiger partial charge >= 0.3 is 51.4 Å². The van der Waals surface area contributed by atoms with Gasteiger partial charge in [-0.3, -0.25) is 0 Å². The molecule has 0 atom stereocenters. The summed E-state index contributed by atoms with van der Waals surface area (Å²) in [6, 6.07) is 0. The van der Waals surface area contributed by atoms with Gasteiger partial charge in [0.05, 0.1) is 0 Å². The first-order valence-corrected chi connectivity index (χ1v) is 0. The van der Waals surface area contributed by atoms with Crippen molar-refractivity contribution in [3.63, 3.8) is 0 Å². The molecule has 0 aromatic rings. The van der Waals surface area contributed by atoms with E-state index in [1.807, 2.05) is 0 Å². The summed E-state index contributed by atoms with van der Waals surface area (Å²) in [5.41, 5.74) is 0. The van der Waals surface area contributed by atoms with Crippen molar-refractivity contribution < 1.29 is 73.9 Å². The molecule has 0 bridgehead atoms. The summed E-state index contributed by atoms with van der Waals surface area (Å²) in [6.45, 7) is 0. The molecule has 0 saturated heterocycles. The van der Waals surface area contributed by atoms with Crippen LogP contribution >= 0.6 is 12.4 Å². The normalized spacial score (nSPS) is 0. The molecule has 0 aliphatic heterocycles. The predicted octanol–water partition coefficient (Wildman–Crippen LogP) is -2.85. The quantitative estimate of drug-likeness (QED) is 0.391. The van der Waals surface area contributed by atoms with E-state index in [2.05, 4.69) is 0 Å². The van der Waals surface area contributed by atoms with E-state index in [1.54, 1.807) is 0 Å². The maximum absolute atomic E-state index is 0. The van der Waals surface area contributed by atoms with Gasteiger partial charge in [-0.1, -0.05) is 0 Å². The predicted molar refractivity (Wildman–Crippen MR) is 14.1 cm³/mol. The van der Waals surface area contributed by atoms with Crippen molar-refractivity contribution in [1.29, 1.82) is 0 Å². The summed E-state index contributed by atoms with van der Waals surface area (Å²) in [5, 5.41) is 0. The monoisotopic (exact) mass is 391 g/mol. The number of rotatable bonds is 0. The molecule has 4 radical (unpaired) electrons. The second-order valence-corrected chi connectivity index (χ2v) is 0. The molecule has 0 aliphatic rings. The summed E-state index contributed by atoms with van der Waals surface area (Å²) in [4.78, 5) is 0. The molecule has 0 N–H and O–H groups in total. The third-order valence-electron chi connectivity index (χ3n) is 0. The van der Waals surface area contributed by atoms with E-state index in [1.165, 1.54) is 0 Å². The summed E-state index contributed by atoms with van der Waals surface area (Å²) in [6.07, 6.45) is 0. The van der Waals surface area contributed by atoms with Crippen molar-refractivity contribution >= 4 is 36.3 Å².